The van der Waals surface area contributed by atoms with E-state index in [0.29, 0.717) is 0 Å². The molecule has 4 nitrogen and oxygen atoms in total. The van der Waals surface area contributed by atoms with Crippen molar-refractivity contribution in [2.75, 3.05) is 14.2 Å². The average Bonchev–Trinajstić information content (AvgIpc) is 2.30. The van der Waals surface area contributed by atoms with Gasteiger partial charge in [0.15, 0.2) is 8.32 Å². The van der Waals surface area contributed by atoms with Crippen LogP contribution < -0.4 is 0 Å². The Morgan fingerprint density at radius 1 is 1.06 bits per heavy atom. The minimum Gasteiger partial charge on any atom is -0.404 e. The van der Waals surface area contributed by atoms with Gasteiger partial charge in [0, 0.05) is 14.2 Å². The van der Waals surface area contributed by atoms with Gasteiger partial charge in [0.2, 0.25) is 0 Å². The van der Waals surface area contributed by atoms with Crippen LogP contribution in [0.25, 0.3) is 0 Å². The lowest BCUT2D eigenvalue weighted by Gasteiger charge is -2.30. The van der Waals surface area contributed by atoms with Crippen molar-refractivity contribution in [2.45, 2.75) is 64.5 Å². The van der Waals surface area contributed by atoms with Gasteiger partial charge in [0.05, 0.1) is 0 Å². The van der Waals surface area contributed by atoms with E-state index in [1.54, 1.807) is 0 Å². The molecule has 0 aliphatic rings. The van der Waals surface area contributed by atoms with Crippen LogP contribution in [0.15, 0.2) is 0 Å². The van der Waals surface area contributed by atoms with Crippen LogP contribution in [0.5, 0.6) is 0 Å². The molecule has 110 valence electrons. The van der Waals surface area contributed by atoms with Gasteiger partial charge < -0.3 is 13.5 Å². The highest BCUT2D eigenvalue weighted by molar-refractivity contribution is 7.54. The summed E-state index contributed by atoms with van der Waals surface area (Å²) in [7, 11) is -2.03. The highest BCUT2D eigenvalue weighted by Gasteiger charge is 2.37. The minimum absolute atomic E-state index is 0.420. The van der Waals surface area contributed by atoms with E-state index in [1.165, 1.54) is 27.1 Å². The molecule has 0 spiro atoms. The summed E-state index contributed by atoms with van der Waals surface area (Å²) in [6.45, 7) is 8.43. The van der Waals surface area contributed by atoms with Gasteiger partial charge in [-0.25, -0.2) is 0 Å². The normalized spacial score (nSPS) is 14.8. The van der Waals surface area contributed by atoms with E-state index in [4.69, 9.17) is 13.5 Å². The quantitative estimate of drug-likeness (QED) is 0.335. The molecule has 1 unspecified atom stereocenters. The van der Waals surface area contributed by atoms with E-state index < -0.39 is 21.8 Å². The van der Waals surface area contributed by atoms with Gasteiger partial charge in [-0.3, -0.25) is 4.57 Å². The van der Waals surface area contributed by atoms with E-state index in [2.05, 4.69) is 26.6 Å². The van der Waals surface area contributed by atoms with Crippen molar-refractivity contribution in [3.05, 3.63) is 0 Å². The van der Waals surface area contributed by atoms with Crippen LogP contribution in [0, 0.1) is 0 Å². The maximum absolute atomic E-state index is 12.4. The third-order valence-corrected chi connectivity index (χ3v) is 5.93. The third-order valence-electron chi connectivity index (χ3n) is 2.66. The van der Waals surface area contributed by atoms with Crippen LogP contribution in [0.1, 0.15) is 39.0 Å². The maximum atomic E-state index is 12.4. The zero-order chi connectivity index (χ0) is 14.2. The Kier molecular flexibility index (Phi) is 8.64. The first-order valence-electron chi connectivity index (χ1n) is 6.68. The number of hydrogen-bond donors (Lipinski definition) is 0. The molecular formula is C12H29O4PSi. The predicted octanol–water partition coefficient (Wildman–Crippen LogP) is 4.62. The lowest BCUT2D eigenvalue weighted by Crippen LogP contribution is -2.32. The first kappa shape index (κ1) is 18.3. The SMILES string of the molecule is CCCCCCC(O[Si](C)(C)C)P(=O)(OC)OC. The second-order valence-electron chi connectivity index (χ2n) is 5.44. The Bertz CT molecular complexity index is 257. The summed E-state index contributed by atoms with van der Waals surface area (Å²) in [5, 5.41) is 0. The summed E-state index contributed by atoms with van der Waals surface area (Å²) in [4.78, 5) is 0. The molecule has 0 saturated carbocycles. The van der Waals surface area contributed by atoms with Gasteiger partial charge >= 0.3 is 7.60 Å². The first-order chi connectivity index (χ1) is 8.29. The van der Waals surface area contributed by atoms with Gasteiger partial charge in [-0.05, 0) is 26.1 Å². The zero-order valence-corrected chi connectivity index (χ0v) is 14.6. The van der Waals surface area contributed by atoms with Crippen molar-refractivity contribution in [1.29, 1.82) is 0 Å². The Balaban J connectivity index is 4.57. The molecule has 0 fully saturated rings. The molecular weight excluding hydrogens is 267 g/mol. The minimum atomic E-state index is -3.12. The molecule has 0 radical (unpaired) electrons. The molecule has 0 aromatic heterocycles. The number of hydrogen-bond acceptors (Lipinski definition) is 4. The smallest absolute Gasteiger partial charge is 0.357 e. The lowest BCUT2D eigenvalue weighted by atomic mass is 10.2. The molecule has 0 aromatic carbocycles. The monoisotopic (exact) mass is 296 g/mol. The van der Waals surface area contributed by atoms with Gasteiger partial charge in [0.25, 0.3) is 0 Å². The second-order valence-corrected chi connectivity index (χ2v) is 12.3. The Morgan fingerprint density at radius 2 is 1.61 bits per heavy atom. The van der Waals surface area contributed by atoms with Crippen molar-refractivity contribution < 1.29 is 18.0 Å². The molecule has 0 aromatic rings. The molecule has 0 heterocycles. The van der Waals surface area contributed by atoms with Crippen molar-refractivity contribution in [2.24, 2.45) is 0 Å². The molecule has 6 heteroatoms. The summed E-state index contributed by atoms with van der Waals surface area (Å²) in [5.74, 6) is -0.420. The summed E-state index contributed by atoms with van der Waals surface area (Å²) in [6, 6.07) is 0. The largest absolute Gasteiger partial charge is 0.404 e. The topological polar surface area (TPSA) is 44.8 Å². The highest BCUT2D eigenvalue weighted by Crippen LogP contribution is 2.54. The number of rotatable bonds is 10. The predicted molar refractivity (Wildman–Crippen MR) is 78.6 cm³/mol. The molecule has 18 heavy (non-hydrogen) atoms. The fourth-order valence-corrected chi connectivity index (χ4v) is 5.26. The fraction of sp³-hybridized carbons (Fsp3) is 1.00. The highest BCUT2D eigenvalue weighted by atomic mass is 31.2. The summed E-state index contributed by atoms with van der Waals surface area (Å²) in [5.41, 5.74) is 0. The van der Waals surface area contributed by atoms with E-state index in [-0.39, 0.29) is 0 Å². The molecule has 0 amide bonds. The van der Waals surface area contributed by atoms with Gasteiger partial charge in [-0.2, -0.15) is 0 Å². The zero-order valence-electron chi connectivity index (χ0n) is 12.7. The standard InChI is InChI=1S/C12H29O4PSi/c1-7-8-9-10-11-12(16-18(4,5)6)17(13,14-2)15-3/h12H,7-11H2,1-6H3. The van der Waals surface area contributed by atoms with E-state index in [0.717, 1.165) is 19.3 Å². The molecule has 0 bridgehead atoms. The Labute approximate surface area is 113 Å². The van der Waals surface area contributed by atoms with Gasteiger partial charge in [-0.15, -0.1) is 0 Å². The van der Waals surface area contributed by atoms with Crippen LogP contribution in [-0.4, -0.2) is 28.4 Å². The average molecular weight is 296 g/mol. The van der Waals surface area contributed by atoms with Crippen LogP contribution in [0.4, 0.5) is 0 Å². The molecule has 1 atom stereocenters. The van der Waals surface area contributed by atoms with E-state index in [1.807, 2.05) is 0 Å². The van der Waals surface area contributed by atoms with Crippen molar-refractivity contribution in [3.63, 3.8) is 0 Å². The van der Waals surface area contributed by atoms with Crippen molar-refractivity contribution in [3.8, 4) is 0 Å². The van der Waals surface area contributed by atoms with Gasteiger partial charge in [0.1, 0.15) is 5.85 Å². The molecule has 0 N–H and O–H groups in total. The van der Waals surface area contributed by atoms with Crippen LogP contribution in [0.3, 0.4) is 0 Å². The lowest BCUT2D eigenvalue weighted by molar-refractivity contribution is 0.177. The Hall–Kier alpha value is 0.327. The third kappa shape index (κ3) is 7.05. The summed E-state index contributed by atoms with van der Waals surface area (Å²) < 4.78 is 28.6. The second kappa shape index (κ2) is 8.49. The van der Waals surface area contributed by atoms with Crippen LogP contribution >= 0.6 is 7.60 Å². The van der Waals surface area contributed by atoms with Crippen molar-refractivity contribution >= 4 is 15.9 Å². The van der Waals surface area contributed by atoms with E-state index in [9.17, 15) is 4.57 Å². The molecule has 0 aliphatic carbocycles. The number of unbranched alkanes of at least 4 members (excludes halogenated alkanes) is 3. The summed E-state index contributed by atoms with van der Waals surface area (Å²) in [6.07, 6.45) is 5.26. The maximum Gasteiger partial charge on any atom is 0.357 e. The molecule has 0 saturated heterocycles. The molecule has 0 rings (SSSR count). The van der Waals surface area contributed by atoms with Gasteiger partial charge in [-0.1, -0.05) is 32.6 Å². The summed E-state index contributed by atoms with van der Waals surface area (Å²) >= 11 is 0. The fourth-order valence-electron chi connectivity index (χ4n) is 1.75. The van der Waals surface area contributed by atoms with Crippen LogP contribution in [-0.2, 0) is 18.0 Å². The Morgan fingerprint density at radius 3 is 2.00 bits per heavy atom. The van der Waals surface area contributed by atoms with Crippen molar-refractivity contribution in [1.82, 2.24) is 0 Å². The first-order valence-corrected chi connectivity index (χ1v) is 11.7. The van der Waals surface area contributed by atoms with Crippen LogP contribution in [0.2, 0.25) is 19.6 Å². The van der Waals surface area contributed by atoms with E-state index >= 15 is 0 Å². The molecule has 0 aliphatic heterocycles.